The van der Waals surface area contributed by atoms with E-state index in [0.717, 1.165) is 29.4 Å². The summed E-state index contributed by atoms with van der Waals surface area (Å²) >= 11 is 6.94. The number of rotatable bonds is 4. The zero-order valence-electron chi connectivity index (χ0n) is 11.1. The van der Waals surface area contributed by atoms with Gasteiger partial charge in [-0.2, -0.15) is 5.10 Å². The third-order valence-electron chi connectivity index (χ3n) is 2.70. The Bertz CT molecular complexity index is 591. The number of nitrogens with zero attached hydrogens (tertiary/aromatic N) is 3. The molecule has 2 heterocycles. The van der Waals surface area contributed by atoms with Crippen molar-refractivity contribution in [1.82, 2.24) is 19.7 Å². The lowest BCUT2D eigenvalue weighted by Gasteiger charge is -2.01. The molecule has 0 saturated carbocycles. The van der Waals surface area contributed by atoms with E-state index in [1.165, 1.54) is 5.01 Å². The molecule has 0 aliphatic carbocycles. The molecule has 0 spiro atoms. The maximum Gasteiger partial charge on any atom is 0.195 e. The van der Waals surface area contributed by atoms with Crippen molar-refractivity contribution in [1.29, 1.82) is 0 Å². The number of aromatic amines is 1. The zero-order valence-corrected chi connectivity index (χ0v) is 12.8. The molecule has 0 bridgehead atoms. The van der Waals surface area contributed by atoms with Crippen molar-refractivity contribution in [2.75, 3.05) is 0 Å². The normalized spacial score (nSPS) is 11.4. The van der Waals surface area contributed by atoms with Gasteiger partial charge in [0.2, 0.25) is 0 Å². The van der Waals surface area contributed by atoms with Crippen LogP contribution in [-0.2, 0) is 13.0 Å². The maximum absolute atomic E-state index is 5.22. The molecule has 2 aromatic rings. The van der Waals surface area contributed by atoms with E-state index in [4.69, 9.17) is 12.2 Å². The van der Waals surface area contributed by atoms with Crippen molar-refractivity contribution in [2.45, 2.75) is 40.7 Å². The summed E-state index contributed by atoms with van der Waals surface area (Å²) in [5.41, 5.74) is 1.04. The van der Waals surface area contributed by atoms with E-state index in [9.17, 15) is 0 Å². The van der Waals surface area contributed by atoms with Crippen LogP contribution < -0.4 is 0 Å². The van der Waals surface area contributed by atoms with Crippen LogP contribution in [0.25, 0.3) is 10.7 Å². The largest absolute Gasteiger partial charge is 0.300 e. The van der Waals surface area contributed by atoms with Gasteiger partial charge in [0.25, 0.3) is 0 Å². The van der Waals surface area contributed by atoms with Crippen LogP contribution in [-0.4, -0.2) is 19.7 Å². The average molecular weight is 282 g/mol. The van der Waals surface area contributed by atoms with E-state index in [-0.39, 0.29) is 0 Å². The highest BCUT2D eigenvalue weighted by molar-refractivity contribution is 7.71. The fraction of sp³-hybridized carbons (Fsp3) is 0.583. The minimum atomic E-state index is 0.621. The van der Waals surface area contributed by atoms with Crippen LogP contribution in [0.15, 0.2) is 0 Å². The molecule has 4 nitrogen and oxygen atoms in total. The lowest BCUT2D eigenvalue weighted by atomic mass is 10.1. The Morgan fingerprint density at radius 3 is 2.78 bits per heavy atom. The van der Waals surface area contributed by atoms with E-state index in [1.54, 1.807) is 11.3 Å². The molecule has 0 aliphatic rings. The number of thiazole rings is 1. The number of hydrogen-bond donors (Lipinski definition) is 1. The molecular formula is C12H18N4S2. The molecule has 18 heavy (non-hydrogen) atoms. The molecule has 98 valence electrons. The van der Waals surface area contributed by atoms with E-state index < -0.39 is 0 Å². The Morgan fingerprint density at radius 2 is 2.17 bits per heavy atom. The Labute approximate surface area is 116 Å². The number of nitrogens with one attached hydrogen (secondary N) is 1. The van der Waals surface area contributed by atoms with Crippen LogP contribution >= 0.6 is 23.6 Å². The molecule has 0 aromatic carbocycles. The van der Waals surface area contributed by atoms with Crippen molar-refractivity contribution in [3.8, 4) is 10.7 Å². The third-order valence-corrected chi connectivity index (χ3v) is 4.19. The van der Waals surface area contributed by atoms with Crippen LogP contribution in [0.5, 0.6) is 0 Å². The SMILES string of the molecule is CCn1c(-c2sc(CC(C)C)nc2C)n[nH]c1=S. The van der Waals surface area contributed by atoms with Gasteiger partial charge >= 0.3 is 0 Å². The Kier molecular flexibility index (Phi) is 3.97. The predicted octanol–water partition coefficient (Wildman–Crippen LogP) is 3.59. The van der Waals surface area contributed by atoms with Gasteiger partial charge in [-0.15, -0.1) is 11.3 Å². The molecule has 2 rings (SSSR count). The standard InChI is InChI=1S/C12H18N4S2/c1-5-16-11(14-15-12(16)17)10-8(4)13-9(18-10)6-7(2)3/h7H,5-6H2,1-4H3,(H,15,17). The highest BCUT2D eigenvalue weighted by atomic mass is 32.1. The molecule has 0 amide bonds. The quantitative estimate of drug-likeness (QED) is 0.872. The monoisotopic (exact) mass is 282 g/mol. The van der Waals surface area contributed by atoms with Gasteiger partial charge in [0, 0.05) is 13.0 Å². The molecule has 0 atom stereocenters. The van der Waals surface area contributed by atoms with E-state index in [1.807, 2.05) is 11.5 Å². The lowest BCUT2D eigenvalue weighted by molar-refractivity contribution is 0.643. The number of aryl methyl sites for hydroxylation is 1. The van der Waals surface area contributed by atoms with Crippen LogP contribution in [0, 0.1) is 17.6 Å². The first-order valence-electron chi connectivity index (χ1n) is 6.14. The summed E-state index contributed by atoms with van der Waals surface area (Å²) in [6.45, 7) is 9.34. The highest BCUT2D eigenvalue weighted by Gasteiger charge is 2.15. The first-order chi connectivity index (χ1) is 8.52. The molecule has 0 radical (unpaired) electrons. The van der Waals surface area contributed by atoms with Crippen molar-refractivity contribution < 1.29 is 0 Å². The molecular weight excluding hydrogens is 264 g/mol. The number of aromatic nitrogens is 4. The van der Waals surface area contributed by atoms with Crippen molar-refractivity contribution in [2.24, 2.45) is 5.92 Å². The molecule has 1 N–H and O–H groups in total. The summed E-state index contributed by atoms with van der Waals surface area (Å²) in [6, 6.07) is 0. The predicted molar refractivity (Wildman–Crippen MR) is 77.5 cm³/mol. The Balaban J connectivity index is 2.44. The van der Waals surface area contributed by atoms with Gasteiger partial charge in [-0.05, 0) is 32.0 Å². The van der Waals surface area contributed by atoms with Crippen LogP contribution in [0.4, 0.5) is 0 Å². The summed E-state index contributed by atoms with van der Waals surface area (Å²) in [4.78, 5) is 5.75. The number of hydrogen-bond acceptors (Lipinski definition) is 4. The fourth-order valence-electron chi connectivity index (χ4n) is 1.88. The second-order valence-electron chi connectivity index (χ2n) is 4.72. The molecule has 6 heteroatoms. The lowest BCUT2D eigenvalue weighted by Crippen LogP contribution is -1.97. The van der Waals surface area contributed by atoms with Gasteiger partial charge < -0.3 is 0 Å². The Hall–Kier alpha value is -1.01. The van der Waals surface area contributed by atoms with E-state index >= 15 is 0 Å². The van der Waals surface area contributed by atoms with Crippen LogP contribution in [0.3, 0.4) is 0 Å². The zero-order chi connectivity index (χ0) is 13.3. The second-order valence-corrected chi connectivity index (χ2v) is 6.19. The molecule has 0 aliphatic heterocycles. The maximum atomic E-state index is 5.22. The summed E-state index contributed by atoms with van der Waals surface area (Å²) < 4.78 is 2.68. The van der Waals surface area contributed by atoms with Gasteiger partial charge in [-0.3, -0.25) is 9.67 Å². The fourth-order valence-corrected chi connectivity index (χ4v) is 3.42. The molecule has 0 unspecified atom stereocenters. The van der Waals surface area contributed by atoms with Crippen LogP contribution in [0.2, 0.25) is 0 Å². The smallest absolute Gasteiger partial charge is 0.195 e. The third kappa shape index (κ3) is 2.54. The summed E-state index contributed by atoms with van der Waals surface area (Å²) in [6.07, 6.45) is 1.02. The minimum Gasteiger partial charge on any atom is -0.300 e. The van der Waals surface area contributed by atoms with Crippen molar-refractivity contribution in [3.05, 3.63) is 15.5 Å². The summed E-state index contributed by atoms with van der Waals surface area (Å²) in [5, 5.41) is 8.36. The van der Waals surface area contributed by atoms with Gasteiger partial charge in [0.15, 0.2) is 10.6 Å². The first kappa shape index (κ1) is 13.4. The second kappa shape index (κ2) is 5.32. The van der Waals surface area contributed by atoms with E-state index in [2.05, 4.69) is 36.0 Å². The van der Waals surface area contributed by atoms with Crippen molar-refractivity contribution >= 4 is 23.6 Å². The number of H-pyrrole nitrogens is 1. The summed E-state index contributed by atoms with van der Waals surface area (Å²) in [7, 11) is 0. The van der Waals surface area contributed by atoms with Crippen LogP contribution in [0.1, 0.15) is 31.5 Å². The Morgan fingerprint density at radius 1 is 1.44 bits per heavy atom. The van der Waals surface area contributed by atoms with Gasteiger partial charge in [-0.1, -0.05) is 13.8 Å². The van der Waals surface area contributed by atoms with Gasteiger partial charge in [0.1, 0.15) is 0 Å². The molecule has 0 fully saturated rings. The average Bonchev–Trinajstić information content (AvgIpc) is 2.81. The van der Waals surface area contributed by atoms with E-state index in [0.29, 0.717) is 10.7 Å². The van der Waals surface area contributed by atoms with Gasteiger partial charge in [0.05, 0.1) is 15.6 Å². The topological polar surface area (TPSA) is 46.5 Å². The molecule has 2 aromatic heterocycles. The summed E-state index contributed by atoms with van der Waals surface area (Å²) in [5.74, 6) is 1.53. The minimum absolute atomic E-state index is 0.621. The van der Waals surface area contributed by atoms with Gasteiger partial charge in [-0.25, -0.2) is 4.98 Å². The first-order valence-corrected chi connectivity index (χ1v) is 7.37. The molecule has 0 saturated heterocycles. The highest BCUT2D eigenvalue weighted by Crippen LogP contribution is 2.29. The van der Waals surface area contributed by atoms with Crippen molar-refractivity contribution in [3.63, 3.8) is 0 Å².